The predicted molar refractivity (Wildman–Crippen MR) is 76.9 cm³/mol. The van der Waals surface area contributed by atoms with E-state index in [-0.39, 0.29) is 12.3 Å². The van der Waals surface area contributed by atoms with Gasteiger partial charge in [-0.2, -0.15) is 0 Å². The van der Waals surface area contributed by atoms with Crippen molar-refractivity contribution in [2.24, 2.45) is 0 Å². The van der Waals surface area contributed by atoms with Gasteiger partial charge in [-0.15, -0.1) is 0 Å². The van der Waals surface area contributed by atoms with Crippen LogP contribution < -0.4 is 16.4 Å². The van der Waals surface area contributed by atoms with Crippen LogP contribution in [0.1, 0.15) is 28.8 Å². The van der Waals surface area contributed by atoms with Gasteiger partial charge in [0.1, 0.15) is 6.04 Å². The summed E-state index contributed by atoms with van der Waals surface area (Å²) in [5.41, 5.74) is 7.35. The second-order valence-corrected chi connectivity index (χ2v) is 5.54. The lowest BCUT2D eigenvalue weighted by atomic mass is 10.0. The molecule has 1 unspecified atom stereocenters. The van der Waals surface area contributed by atoms with Gasteiger partial charge in [-0.05, 0) is 47.0 Å². The molecule has 6 nitrogen and oxygen atoms in total. The zero-order chi connectivity index (χ0) is 14.9. The molecule has 1 fully saturated rings. The summed E-state index contributed by atoms with van der Waals surface area (Å²) in [4.78, 5) is 34.8. The molecule has 106 valence electrons. The molecular formula is C13H14BrN3O3. The van der Waals surface area contributed by atoms with E-state index in [1.54, 1.807) is 12.1 Å². The Balaban J connectivity index is 2.17. The number of imide groups is 1. The van der Waals surface area contributed by atoms with Crippen molar-refractivity contribution in [3.8, 4) is 0 Å². The van der Waals surface area contributed by atoms with Gasteiger partial charge < -0.3 is 11.1 Å². The first-order chi connectivity index (χ1) is 9.38. The van der Waals surface area contributed by atoms with Crippen LogP contribution in [0.5, 0.6) is 0 Å². The number of nitrogens with one attached hydrogen (secondary N) is 2. The second kappa shape index (κ2) is 5.62. The Bertz CT molecular complexity index is 601. The minimum atomic E-state index is -0.709. The number of hydrogen-bond donors (Lipinski definition) is 3. The highest BCUT2D eigenvalue weighted by Crippen LogP contribution is 2.25. The number of carbonyl (C=O) groups excluding carboxylic acids is 3. The number of amides is 3. The molecule has 2 rings (SSSR count). The molecule has 0 radical (unpaired) electrons. The summed E-state index contributed by atoms with van der Waals surface area (Å²) in [6.07, 6.45) is 0.507. The van der Waals surface area contributed by atoms with Crippen LogP contribution in [0.2, 0.25) is 0 Å². The van der Waals surface area contributed by atoms with E-state index < -0.39 is 17.9 Å². The number of benzene rings is 1. The van der Waals surface area contributed by atoms with Crippen molar-refractivity contribution in [1.82, 2.24) is 10.6 Å². The van der Waals surface area contributed by atoms with Crippen LogP contribution in [-0.4, -0.2) is 23.8 Å². The molecule has 1 saturated heterocycles. The van der Waals surface area contributed by atoms with Crippen LogP contribution >= 0.6 is 15.9 Å². The van der Waals surface area contributed by atoms with Crippen molar-refractivity contribution in [3.63, 3.8) is 0 Å². The predicted octanol–water partition coefficient (Wildman–Crippen LogP) is 0.875. The maximum Gasteiger partial charge on any atom is 0.254 e. The van der Waals surface area contributed by atoms with Gasteiger partial charge in [0, 0.05) is 10.9 Å². The van der Waals surface area contributed by atoms with E-state index in [4.69, 9.17) is 5.73 Å². The summed E-state index contributed by atoms with van der Waals surface area (Å²) in [7, 11) is 0. The van der Waals surface area contributed by atoms with Crippen LogP contribution in [0.25, 0.3) is 0 Å². The van der Waals surface area contributed by atoms with E-state index in [0.717, 1.165) is 5.56 Å². The first-order valence-corrected chi connectivity index (χ1v) is 6.88. The number of halogens is 1. The summed E-state index contributed by atoms with van der Waals surface area (Å²) < 4.78 is 0.630. The van der Waals surface area contributed by atoms with Gasteiger partial charge in [0.2, 0.25) is 11.8 Å². The summed E-state index contributed by atoms with van der Waals surface area (Å²) in [5, 5.41) is 4.79. The van der Waals surface area contributed by atoms with Crippen LogP contribution in [0.3, 0.4) is 0 Å². The van der Waals surface area contributed by atoms with Crippen LogP contribution in [0.15, 0.2) is 16.6 Å². The maximum absolute atomic E-state index is 12.2. The van der Waals surface area contributed by atoms with Crippen molar-refractivity contribution >= 4 is 39.3 Å². The van der Waals surface area contributed by atoms with Crippen molar-refractivity contribution in [1.29, 1.82) is 0 Å². The van der Waals surface area contributed by atoms with E-state index in [1.807, 2.05) is 6.92 Å². The molecule has 0 aromatic heterocycles. The minimum Gasteiger partial charge on any atom is -0.397 e. The van der Waals surface area contributed by atoms with Crippen molar-refractivity contribution in [3.05, 3.63) is 27.7 Å². The lowest BCUT2D eigenvalue weighted by molar-refractivity contribution is -0.134. The van der Waals surface area contributed by atoms with Gasteiger partial charge in [-0.1, -0.05) is 0 Å². The Labute approximate surface area is 124 Å². The average Bonchev–Trinajstić information content (AvgIpc) is 2.37. The maximum atomic E-state index is 12.2. The van der Waals surface area contributed by atoms with Gasteiger partial charge in [0.25, 0.3) is 5.91 Å². The quantitative estimate of drug-likeness (QED) is 0.549. The Morgan fingerprint density at radius 2 is 2.15 bits per heavy atom. The highest BCUT2D eigenvalue weighted by atomic mass is 79.9. The fourth-order valence-corrected chi connectivity index (χ4v) is 2.58. The fraction of sp³-hybridized carbons (Fsp3) is 0.308. The average molecular weight is 340 g/mol. The van der Waals surface area contributed by atoms with Gasteiger partial charge in [0.15, 0.2) is 0 Å². The Morgan fingerprint density at radius 3 is 2.80 bits per heavy atom. The van der Waals surface area contributed by atoms with Gasteiger partial charge in [0.05, 0.1) is 11.3 Å². The van der Waals surface area contributed by atoms with E-state index in [2.05, 4.69) is 26.6 Å². The lowest BCUT2D eigenvalue weighted by Crippen LogP contribution is -2.52. The summed E-state index contributed by atoms with van der Waals surface area (Å²) in [6.45, 7) is 1.84. The molecule has 7 heteroatoms. The number of aryl methyl sites for hydroxylation is 1. The smallest absolute Gasteiger partial charge is 0.254 e. The molecule has 0 spiro atoms. The molecular weight excluding hydrogens is 326 g/mol. The highest BCUT2D eigenvalue weighted by Gasteiger charge is 2.28. The monoisotopic (exact) mass is 339 g/mol. The van der Waals surface area contributed by atoms with Crippen LogP contribution in [0, 0.1) is 6.92 Å². The molecule has 0 saturated carbocycles. The largest absolute Gasteiger partial charge is 0.397 e. The van der Waals surface area contributed by atoms with Crippen LogP contribution in [0.4, 0.5) is 5.69 Å². The normalized spacial score (nSPS) is 18.6. The zero-order valence-electron chi connectivity index (χ0n) is 10.8. The third-order valence-corrected chi connectivity index (χ3v) is 3.72. The molecule has 1 aliphatic rings. The lowest BCUT2D eigenvalue weighted by Gasteiger charge is -2.22. The summed E-state index contributed by atoms with van der Waals surface area (Å²) in [6, 6.07) is 2.75. The van der Waals surface area contributed by atoms with Crippen molar-refractivity contribution < 1.29 is 14.4 Å². The first kappa shape index (κ1) is 14.5. The SMILES string of the molecule is Cc1cc(Br)c(N)c(C(=O)NC2CCC(=O)NC2=O)c1. The third kappa shape index (κ3) is 2.98. The number of rotatable bonds is 2. The fourth-order valence-electron chi connectivity index (χ4n) is 2.01. The number of nitrogen functional groups attached to an aromatic ring is 1. The summed E-state index contributed by atoms with van der Waals surface area (Å²) in [5.74, 6) is -1.24. The van der Waals surface area contributed by atoms with Gasteiger partial charge >= 0.3 is 0 Å². The molecule has 1 heterocycles. The Morgan fingerprint density at radius 1 is 1.45 bits per heavy atom. The molecule has 0 aliphatic carbocycles. The number of piperidine rings is 1. The molecule has 0 bridgehead atoms. The molecule has 1 aliphatic heterocycles. The Kier molecular flexibility index (Phi) is 4.08. The topological polar surface area (TPSA) is 101 Å². The van der Waals surface area contributed by atoms with Crippen LogP contribution in [-0.2, 0) is 9.59 Å². The molecule has 1 aromatic rings. The number of hydrogen-bond acceptors (Lipinski definition) is 4. The number of anilines is 1. The molecule has 1 atom stereocenters. The highest BCUT2D eigenvalue weighted by molar-refractivity contribution is 9.10. The molecule has 3 amide bonds. The van der Waals surface area contributed by atoms with Gasteiger partial charge in [-0.3, -0.25) is 19.7 Å². The second-order valence-electron chi connectivity index (χ2n) is 4.69. The first-order valence-electron chi connectivity index (χ1n) is 6.08. The van der Waals surface area contributed by atoms with Crippen molar-refractivity contribution in [2.75, 3.05) is 5.73 Å². The molecule has 20 heavy (non-hydrogen) atoms. The third-order valence-electron chi connectivity index (χ3n) is 3.06. The Hall–Kier alpha value is -1.89. The molecule has 4 N–H and O–H groups in total. The van der Waals surface area contributed by atoms with E-state index >= 15 is 0 Å². The van der Waals surface area contributed by atoms with E-state index in [1.165, 1.54) is 0 Å². The van der Waals surface area contributed by atoms with E-state index in [0.29, 0.717) is 22.1 Å². The van der Waals surface area contributed by atoms with E-state index in [9.17, 15) is 14.4 Å². The van der Waals surface area contributed by atoms with Gasteiger partial charge in [-0.25, -0.2) is 0 Å². The summed E-state index contributed by atoms with van der Waals surface area (Å²) >= 11 is 3.28. The van der Waals surface area contributed by atoms with Crippen molar-refractivity contribution in [2.45, 2.75) is 25.8 Å². The number of nitrogens with two attached hydrogens (primary N) is 1. The standard InChI is InChI=1S/C13H14BrN3O3/c1-6-4-7(11(15)8(14)5-6)12(19)16-9-2-3-10(18)17-13(9)20/h4-5,9H,2-3,15H2,1H3,(H,16,19)(H,17,18,20). The zero-order valence-corrected chi connectivity index (χ0v) is 12.4. The number of carbonyl (C=O) groups is 3. The minimum absolute atomic E-state index is 0.212. The molecule has 1 aromatic carbocycles.